The standard InChI is InChI=1S/C18H29N/c1-14(2)11-16-7-5-8-17(12-16)18(13-15(3)4)9-6-10-19-18/h5,7-8,12,14-15,19H,6,9-11,13H2,1-4H3. The molecule has 1 saturated heterocycles. The van der Waals surface area contributed by atoms with E-state index in [0.29, 0.717) is 0 Å². The van der Waals surface area contributed by atoms with Gasteiger partial charge in [0.2, 0.25) is 0 Å². The monoisotopic (exact) mass is 259 g/mol. The highest BCUT2D eigenvalue weighted by Gasteiger charge is 2.35. The molecule has 0 aromatic heterocycles. The van der Waals surface area contributed by atoms with Crippen LogP contribution in [0.2, 0.25) is 0 Å². The van der Waals surface area contributed by atoms with Gasteiger partial charge < -0.3 is 5.32 Å². The molecule has 1 atom stereocenters. The minimum absolute atomic E-state index is 0.237. The van der Waals surface area contributed by atoms with Gasteiger partial charge in [-0.1, -0.05) is 52.0 Å². The quantitative estimate of drug-likeness (QED) is 0.820. The van der Waals surface area contributed by atoms with Crippen molar-refractivity contribution in [1.82, 2.24) is 5.32 Å². The Hall–Kier alpha value is -0.820. The Kier molecular flexibility index (Phi) is 4.67. The maximum atomic E-state index is 3.80. The van der Waals surface area contributed by atoms with Gasteiger partial charge in [-0.3, -0.25) is 0 Å². The zero-order valence-electron chi connectivity index (χ0n) is 13.0. The molecule has 0 amide bonds. The van der Waals surface area contributed by atoms with Crippen LogP contribution in [-0.2, 0) is 12.0 Å². The predicted octanol–water partition coefficient (Wildman–Crippen LogP) is 4.51. The Bertz CT molecular complexity index is 400. The molecule has 1 unspecified atom stereocenters. The first-order valence-electron chi connectivity index (χ1n) is 7.86. The molecule has 0 spiro atoms. The molecular weight excluding hydrogens is 230 g/mol. The van der Waals surface area contributed by atoms with Crippen molar-refractivity contribution in [1.29, 1.82) is 0 Å². The second-order valence-corrected chi connectivity index (χ2v) is 7.01. The minimum Gasteiger partial charge on any atom is -0.307 e. The number of hydrogen-bond donors (Lipinski definition) is 1. The van der Waals surface area contributed by atoms with Gasteiger partial charge in [0.15, 0.2) is 0 Å². The van der Waals surface area contributed by atoms with Gasteiger partial charge in [-0.05, 0) is 55.2 Å². The van der Waals surface area contributed by atoms with Gasteiger partial charge in [0.1, 0.15) is 0 Å². The van der Waals surface area contributed by atoms with E-state index in [1.54, 1.807) is 0 Å². The van der Waals surface area contributed by atoms with E-state index in [9.17, 15) is 0 Å². The average molecular weight is 259 g/mol. The second-order valence-electron chi connectivity index (χ2n) is 7.01. The minimum atomic E-state index is 0.237. The van der Waals surface area contributed by atoms with Crippen molar-refractivity contribution in [2.75, 3.05) is 6.54 Å². The summed E-state index contributed by atoms with van der Waals surface area (Å²) in [6, 6.07) is 9.29. The van der Waals surface area contributed by atoms with E-state index in [1.807, 2.05) is 0 Å². The van der Waals surface area contributed by atoms with E-state index in [4.69, 9.17) is 0 Å². The van der Waals surface area contributed by atoms with Crippen molar-refractivity contribution in [2.45, 2.75) is 58.9 Å². The summed E-state index contributed by atoms with van der Waals surface area (Å²) < 4.78 is 0. The van der Waals surface area contributed by atoms with Crippen LogP contribution in [0.25, 0.3) is 0 Å². The van der Waals surface area contributed by atoms with Crippen LogP contribution in [0.5, 0.6) is 0 Å². The normalized spacial score (nSPS) is 23.5. The van der Waals surface area contributed by atoms with Crippen LogP contribution in [0.3, 0.4) is 0 Å². The van der Waals surface area contributed by atoms with Crippen LogP contribution >= 0.6 is 0 Å². The first-order chi connectivity index (χ1) is 9.02. The van der Waals surface area contributed by atoms with Crippen molar-refractivity contribution < 1.29 is 0 Å². The maximum Gasteiger partial charge on any atom is 0.0437 e. The van der Waals surface area contributed by atoms with Crippen molar-refractivity contribution in [3.8, 4) is 0 Å². The highest BCUT2D eigenvalue weighted by Crippen LogP contribution is 2.37. The lowest BCUT2D eigenvalue weighted by Gasteiger charge is -2.32. The van der Waals surface area contributed by atoms with Crippen LogP contribution in [0, 0.1) is 11.8 Å². The molecule has 0 saturated carbocycles. The lowest BCUT2D eigenvalue weighted by atomic mass is 9.80. The van der Waals surface area contributed by atoms with Crippen LogP contribution < -0.4 is 5.32 Å². The van der Waals surface area contributed by atoms with Gasteiger partial charge in [0, 0.05) is 5.54 Å². The topological polar surface area (TPSA) is 12.0 Å². The Morgan fingerprint density at radius 3 is 2.53 bits per heavy atom. The summed E-state index contributed by atoms with van der Waals surface area (Å²) in [7, 11) is 0. The third-order valence-corrected chi connectivity index (χ3v) is 4.12. The summed E-state index contributed by atoms with van der Waals surface area (Å²) in [4.78, 5) is 0. The largest absolute Gasteiger partial charge is 0.307 e. The third kappa shape index (κ3) is 3.60. The lowest BCUT2D eigenvalue weighted by Crippen LogP contribution is -2.38. The molecule has 1 heterocycles. The average Bonchev–Trinajstić information content (AvgIpc) is 2.77. The van der Waals surface area contributed by atoms with Gasteiger partial charge in [-0.25, -0.2) is 0 Å². The predicted molar refractivity (Wildman–Crippen MR) is 83.4 cm³/mol. The first-order valence-corrected chi connectivity index (χ1v) is 7.86. The molecule has 1 fully saturated rings. The van der Waals surface area contributed by atoms with Gasteiger partial charge in [0.25, 0.3) is 0 Å². The molecule has 1 aliphatic heterocycles. The molecule has 0 bridgehead atoms. The van der Waals surface area contributed by atoms with Crippen LogP contribution in [0.15, 0.2) is 24.3 Å². The fraction of sp³-hybridized carbons (Fsp3) is 0.667. The zero-order chi connectivity index (χ0) is 13.9. The van der Waals surface area contributed by atoms with E-state index in [2.05, 4.69) is 57.3 Å². The second kappa shape index (κ2) is 6.09. The van der Waals surface area contributed by atoms with Gasteiger partial charge in [-0.15, -0.1) is 0 Å². The van der Waals surface area contributed by atoms with Crippen LogP contribution in [0.4, 0.5) is 0 Å². The maximum absolute atomic E-state index is 3.80. The smallest absolute Gasteiger partial charge is 0.0437 e. The van der Waals surface area contributed by atoms with E-state index in [0.717, 1.165) is 11.8 Å². The molecule has 1 aromatic rings. The molecule has 2 rings (SSSR count). The van der Waals surface area contributed by atoms with Gasteiger partial charge >= 0.3 is 0 Å². The zero-order valence-corrected chi connectivity index (χ0v) is 13.0. The third-order valence-electron chi connectivity index (χ3n) is 4.12. The van der Waals surface area contributed by atoms with Crippen molar-refractivity contribution >= 4 is 0 Å². The highest BCUT2D eigenvalue weighted by atomic mass is 15.0. The van der Waals surface area contributed by atoms with Gasteiger partial charge in [-0.2, -0.15) is 0 Å². The molecular formula is C18H29N. The molecule has 106 valence electrons. The van der Waals surface area contributed by atoms with Crippen molar-refractivity contribution in [3.05, 3.63) is 35.4 Å². The first kappa shape index (κ1) is 14.6. The van der Waals surface area contributed by atoms with Crippen LogP contribution in [-0.4, -0.2) is 6.54 Å². The molecule has 0 radical (unpaired) electrons. The molecule has 1 aromatic carbocycles. The summed E-state index contributed by atoms with van der Waals surface area (Å²) in [5.74, 6) is 1.46. The summed E-state index contributed by atoms with van der Waals surface area (Å²) >= 11 is 0. The Labute approximate surface area is 118 Å². The Morgan fingerprint density at radius 1 is 1.16 bits per heavy atom. The van der Waals surface area contributed by atoms with E-state index in [1.165, 1.54) is 43.4 Å². The molecule has 1 N–H and O–H groups in total. The SMILES string of the molecule is CC(C)Cc1cccc(C2(CC(C)C)CCCN2)c1. The number of hydrogen-bond acceptors (Lipinski definition) is 1. The molecule has 1 aliphatic rings. The summed E-state index contributed by atoms with van der Waals surface area (Å²) in [5, 5.41) is 3.80. The van der Waals surface area contributed by atoms with E-state index >= 15 is 0 Å². The van der Waals surface area contributed by atoms with Crippen molar-refractivity contribution in [2.24, 2.45) is 11.8 Å². The number of rotatable bonds is 5. The fourth-order valence-electron chi connectivity index (χ4n) is 3.51. The van der Waals surface area contributed by atoms with E-state index < -0.39 is 0 Å². The number of benzene rings is 1. The fourth-order valence-corrected chi connectivity index (χ4v) is 3.51. The summed E-state index contributed by atoms with van der Waals surface area (Å²) in [6.45, 7) is 10.4. The molecule has 1 nitrogen and oxygen atoms in total. The summed E-state index contributed by atoms with van der Waals surface area (Å²) in [5.41, 5.74) is 3.24. The van der Waals surface area contributed by atoms with Gasteiger partial charge in [0.05, 0.1) is 0 Å². The molecule has 0 aliphatic carbocycles. The Balaban J connectivity index is 2.26. The Morgan fingerprint density at radius 2 is 1.95 bits per heavy atom. The molecule has 1 heteroatoms. The summed E-state index contributed by atoms with van der Waals surface area (Å²) in [6.07, 6.45) is 5.03. The van der Waals surface area contributed by atoms with E-state index in [-0.39, 0.29) is 5.54 Å². The van der Waals surface area contributed by atoms with Crippen molar-refractivity contribution in [3.63, 3.8) is 0 Å². The lowest BCUT2D eigenvalue weighted by molar-refractivity contribution is 0.310. The number of nitrogens with one attached hydrogen (secondary N) is 1. The molecule has 19 heavy (non-hydrogen) atoms. The van der Waals surface area contributed by atoms with Crippen LogP contribution in [0.1, 0.15) is 58.1 Å². The highest BCUT2D eigenvalue weighted by molar-refractivity contribution is 5.31.